The molecule has 3 N–H and O–H groups in total. The fourth-order valence-corrected chi connectivity index (χ4v) is 2.44. The van der Waals surface area contributed by atoms with E-state index >= 15 is 0 Å². The number of carboxylic acid groups (broad SMARTS) is 1. The Labute approximate surface area is 134 Å². The van der Waals surface area contributed by atoms with Crippen LogP contribution >= 0.6 is 0 Å². The van der Waals surface area contributed by atoms with Crippen LogP contribution in [0.25, 0.3) is 0 Å². The number of amides is 3. The number of nitrogens with one attached hydrogen (secondary N) is 2. The molecule has 0 bridgehead atoms. The van der Waals surface area contributed by atoms with Gasteiger partial charge in [0.1, 0.15) is 6.04 Å². The lowest BCUT2D eigenvalue weighted by Gasteiger charge is -2.28. The molecule has 0 spiro atoms. The molecule has 1 aliphatic heterocycles. The van der Waals surface area contributed by atoms with E-state index in [1.807, 2.05) is 18.2 Å². The molecule has 1 unspecified atom stereocenters. The van der Waals surface area contributed by atoms with Crippen LogP contribution in [0.3, 0.4) is 0 Å². The van der Waals surface area contributed by atoms with E-state index in [-0.39, 0.29) is 19.0 Å². The van der Waals surface area contributed by atoms with Crippen molar-refractivity contribution < 1.29 is 19.5 Å². The minimum absolute atomic E-state index is 0.0494. The third-order valence-corrected chi connectivity index (χ3v) is 3.79. The van der Waals surface area contributed by atoms with Crippen LogP contribution in [0.2, 0.25) is 0 Å². The van der Waals surface area contributed by atoms with Crippen LogP contribution in [-0.2, 0) is 22.6 Å². The maximum Gasteiger partial charge on any atom is 0.325 e. The van der Waals surface area contributed by atoms with Gasteiger partial charge < -0.3 is 20.6 Å². The Morgan fingerprint density at radius 3 is 2.65 bits per heavy atom. The standard InChI is InChI=1S/C16H21N3O4/c1-11(15(21)22)18-14(20)6-8-17-16(23)19-9-7-12-4-2-3-5-13(12)10-19/h2-5,11H,6-10H2,1H3,(H,17,23)(H,18,20)(H,21,22). The van der Waals surface area contributed by atoms with Crippen molar-refractivity contribution in [3.8, 4) is 0 Å². The smallest absolute Gasteiger partial charge is 0.325 e. The van der Waals surface area contributed by atoms with E-state index in [0.29, 0.717) is 13.1 Å². The van der Waals surface area contributed by atoms with E-state index in [0.717, 1.165) is 12.0 Å². The Bertz CT molecular complexity index is 603. The number of hydrogen-bond acceptors (Lipinski definition) is 3. The van der Waals surface area contributed by atoms with Gasteiger partial charge in [0.2, 0.25) is 5.91 Å². The highest BCUT2D eigenvalue weighted by Crippen LogP contribution is 2.18. The van der Waals surface area contributed by atoms with Gasteiger partial charge in [0.25, 0.3) is 0 Å². The first-order chi connectivity index (χ1) is 11.0. The lowest BCUT2D eigenvalue weighted by molar-refractivity contribution is -0.141. The zero-order valence-electron chi connectivity index (χ0n) is 13.0. The normalized spacial score (nSPS) is 14.6. The maximum absolute atomic E-state index is 12.1. The number of carbonyl (C=O) groups is 3. The highest BCUT2D eigenvalue weighted by Gasteiger charge is 2.20. The maximum atomic E-state index is 12.1. The second kappa shape index (κ2) is 7.62. The highest BCUT2D eigenvalue weighted by atomic mass is 16.4. The summed E-state index contributed by atoms with van der Waals surface area (Å²) in [7, 11) is 0. The summed E-state index contributed by atoms with van der Waals surface area (Å²) in [6.45, 7) is 2.77. The summed E-state index contributed by atoms with van der Waals surface area (Å²) < 4.78 is 0. The van der Waals surface area contributed by atoms with Gasteiger partial charge in [-0.3, -0.25) is 9.59 Å². The Morgan fingerprint density at radius 2 is 1.96 bits per heavy atom. The number of rotatable bonds is 5. The summed E-state index contributed by atoms with van der Waals surface area (Å²) in [5.74, 6) is -1.49. The van der Waals surface area contributed by atoms with Crippen molar-refractivity contribution in [1.29, 1.82) is 0 Å². The van der Waals surface area contributed by atoms with Gasteiger partial charge in [-0.2, -0.15) is 0 Å². The first-order valence-electron chi connectivity index (χ1n) is 7.59. The minimum atomic E-state index is -1.09. The van der Waals surface area contributed by atoms with Gasteiger partial charge >= 0.3 is 12.0 Å². The molecule has 0 aromatic heterocycles. The molecule has 1 atom stereocenters. The van der Waals surface area contributed by atoms with E-state index in [1.54, 1.807) is 4.90 Å². The second-order valence-corrected chi connectivity index (χ2v) is 5.55. The van der Waals surface area contributed by atoms with Crippen LogP contribution in [0, 0.1) is 0 Å². The van der Waals surface area contributed by atoms with Gasteiger partial charge in [0, 0.05) is 26.1 Å². The fourth-order valence-electron chi connectivity index (χ4n) is 2.44. The van der Waals surface area contributed by atoms with Gasteiger partial charge in [-0.25, -0.2) is 4.79 Å². The fraction of sp³-hybridized carbons (Fsp3) is 0.438. The first kappa shape index (κ1) is 16.8. The average molecular weight is 319 g/mol. The summed E-state index contributed by atoms with van der Waals surface area (Å²) >= 11 is 0. The molecule has 1 heterocycles. The molecule has 0 saturated carbocycles. The summed E-state index contributed by atoms with van der Waals surface area (Å²) in [5, 5.41) is 13.7. The van der Waals surface area contributed by atoms with Crippen LogP contribution in [0.15, 0.2) is 24.3 Å². The van der Waals surface area contributed by atoms with Crippen molar-refractivity contribution >= 4 is 17.9 Å². The van der Waals surface area contributed by atoms with E-state index < -0.39 is 17.9 Å². The van der Waals surface area contributed by atoms with Crippen LogP contribution in [0.5, 0.6) is 0 Å². The van der Waals surface area contributed by atoms with Crippen molar-refractivity contribution in [1.82, 2.24) is 15.5 Å². The quantitative estimate of drug-likeness (QED) is 0.745. The van der Waals surface area contributed by atoms with Gasteiger partial charge in [-0.05, 0) is 24.5 Å². The zero-order chi connectivity index (χ0) is 16.8. The number of urea groups is 1. The molecule has 7 nitrogen and oxygen atoms in total. The predicted octanol–water partition coefficient (Wildman–Crippen LogP) is 0.734. The molecular weight excluding hydrogens is 298 g/mol. The number of fused-ring (bicyclic) bond motifs is 1. The summed E-state index contributed by atoms with van der Waals surface area (Å²) in [5.41, 5.74) is 2.40. The molecule has 1 aromatic rings. The molecule has 124 valence electrons. The number of nitrogens with zero attached hydrogens (tertiary/aromatic N) is 1. The van der Waals surface area contributed by atoms with Crippen LogP contribution < -0.4 is 10.6 Å². The van der Waals surface area contributed by atoms with Crippen molar-refractivity contribution in [2.75, 3.05) is 13.1 Å². The first-order valence-corrected chi connectivity index (χ1v) is 7.59. The van der Waals surface area contributed by atoms with Crippen LogP contribution in [0.1, 0.15) is 24.5 Å². The van der Waals surface area contributed by atoms with E-state index in [9.17, 15) is 14.4 Å². The number of carbonyl (C=O) groups excluding carboxylic acids is 2. The van der Waals surface area contributed by atoms with Crippen molar-refractivity contribution in [3.05, 3.63) is 35.4 Å². The minimum Gasteiger partial charge on any atom is -0.480 e. The third kappa shape index (κ3) is 4.70. The SMILES string of the molecule is CC(NC(=O)CCNC(=O)N1CCc2ccccc2C1)C(=O)O. The Kier molecular flexibility index (Phi) is 5.56. The highest BCUT2D eigenvalue weighted by molar-refractivity contribution is 5.83. The molecule has 0 fully saturated rings. The van der Waals surface area contributed by atoms with E-state index in [1.165, 1.54) is 12.5 Å². The number of hydrogen-bond donors (Lipinski definition) is 3. The molecule has 0 aliphatic carbocycles. The Balaban J connectivity index is 1.74. The van der Waals surface area contributed by atoms with E-state index in [2.05, 4.69) is 16.7 Å². The molecule has 7 heteroatoms. The molecule has 23 heavy (non-hydrogen) atoms. The molecule has 1 aliphatic rings. The van der Waals surface area contributed by atoms with Crippen molar-refractivity contribution in [2.24, 2.45) is 0 Å². The zero-order valence-corrected chi connectivity index (χ0v) is 13.0. The molecule has 1 aromatic carbocycles. The topological polar surface area (TPSA) is 98.7 Å². The summed E-state index contributed by atoms with van der Waals surface area (Å²) in [4.78, 5) is 36.0. The number of aliphatic carboxylic acids is 1. The molecule has 2 rings (SSSR count). The Morgan fingerprint density at radius 1 is 1.26 bits per heavy atom. The summed E-state index contributed by atoms with van der Waals surface area (Å²) in [6.07, 6.45) is 0.869. The number of benzene rings is 1. The van der Waals surface area contributed by atoms with E-state index in [4.69, 9.17) is 5.11 Å². The van der Waals surface area contributed by atoms with Gasteiger partial charge in [-0.1, -0.05) is 24.3 Å². The third-order valence-electron chi connectivity index (χ3n) is 3.79. The Hall–Kier alpha value is -2.57. The van der Waals surface area contributed by atoms with Gasteiger partial charge in [0.15, 0.2) is 0 Å². The summed E-state index contributed by atoms with van der Waals surface area (Å²) in [6, 6.07) is 6.88. The predicted molar refractivity (Wildman–Crippen MR) is 83.8 cm³/mol. The van der Waals surface area contributed by atoms with Crippen LogP contribution in [0.4, 0.5) is 4.79 Å². The number of carboxylic acids is 1. The van der Waals surface area contributed by atoms with Gasteiger partial charge in [-0.15, -0.1) is 0 Å². The molecular formula is C16H21N3O4. The lowest BCUT2D eigenvalue weighted by atomic mass is 10.0. The van der Waals surface area contributed by atoms with Crippen molar-refractivity contribution in [3.63, 3.8) is 0 Å². The van der Waals surface area contributed by atoms with Crippen LogP contribution in [-0.4, -0.2) is 47.0 Å². The van der Waals surface area contributed by atoms with Gasteiger partial charge in [0.05, 0.1) is 0 Å². The average Bonchev–Trinajstić information content (AvgIpc) is 2.54. The second-order valence-electron chi connectivity index (χ2n) is 5.55. The largest absolute Gasteiger partial charge is 0.480 e. The molecule has 3 amide bonds. The molecule has 0 radical (unpaired) electrons. The molecule has 0 saturated heterocycles. The van der Waals surface area contributed by atoms with Crippen molar-refractivity contribution in [2.45, 2.75) is 32.4 Å². The lowest BCUT2D eigenvalue weighted by Crippen LogP contribution is -2.44. The monoisotopic (exact) mass is 319 g/mol.